The number of rotatable bonds is 6. The molecule has 3 rings (SSSR count). The van der Waals surface area contributed by atoms with Crippen LogP contribution in [0.15, 0.2) is 29.2 Å². The normalized spacial score (nSPS) is 16.7. The highest BCUT2D eigenvalue weighted by molar-refractivity contribution is 8.05. The molecular formula is C18H13F7N2O5S2. The van der Waals surface area contributed by atoms with Crippen molar-refractivity contribution in [3.8, 4) is 0 Å². The van der Waals surface area contributed by atoms with Crippen molar-refractivity contribution < 1.29 is 52.4 Å². The Labute approximate surface area is 188 Å². The lowest BCUT2D eigenvalue weighted by atomic mass is 9.88. The Morgan fingerprint density at radius 3 is 2.00 bits per heavy atom. The van der Waals surface area contributed by atoms with Gasteiger partial charge in [-0.1, -0.05) is 28.4 Å². The van der Waals surface area contributed by atoms with Crippen LogP contribution in [0.1, 0.15) is 30.0 Å². The summed E-state index contributed by atoms with van der Waals surface area (Å²) < 4.78 is 144. The fourth-order valence-corrected chi connectivity index (χ4v) is 6.19. The minimum Gasteiger partial charge on any atom is -0.343 e. The summed E-state index contributed by atoms with van der Waals surface area (Å²) in [7, 11) is -13.0. The third-order valence-electron chi connectivity index (χ3n) is 4.93. The van der Waals surface area contributed by atoms with Crippen molar-refractivity contribution in [3.05, 3.63) is 64.5 Å². The maximum absolute atomic E-state index is 14.5. The van der Waals surface area contributed by atoms with E-state index in [9.17, 15) is 52.4 Å². The Hall–Kier alpha value is -2.72. The van der Waals surface area contributed by atoms with E-state index in [1.807, 2.05) is 0 Å². The Bertz CT molecular complexity index is 1350. The summed E-state index contributed by atoms with van der Waals surface area (Å²) in [6, 6.07) is 5.27. The first-order valence-corrected chi connectivity index (χ1v) is 12.1. The third-order valence-corrected chi connectivity index (χ3v) is 8.45. The Balaban J connectivity index is 1.92. The van der Waals surface area contributed by atoms with Crippen LogP contribution >= 0.6 is 0 Å². The van der Waals surface area contributed by atoms with Gasteiger partial charge in [0.15, 0.2) is 28.2 Å². The highest BCUT2D eigenvalue weighted by Crippen LogP contribution is 2.32. The highest BCUT2D eigenvalue weighted by atomic mass is 32.3. The van der Waals surface area contributed by atoms with Gasteiger partial charge in [-0.2, -0.15) is 8.78 Å². The van der Waals surface area contributed by atoms with E-state index in [0.29, 0.717) is 24.0 Å². The minimum absolute atomic E-state index is 0.134. The molecule has 0 aliphatic heterocycles. The van der Waals surface area contributed by atoms with Crippen molar-refractivity contribution in [2.24, 2.45) is 0 Å². The summed E-state index contributed by atoms with van der Waals surface area (Å²) in [5.41, 5.74) is 1.11. The molecule has 1 atom stereocenters. The van der Waals surface area contributed by atoms with Crippen molar-refractivity contribution in [1.29, 1.82) is 0 Å². The standard InChI is InChI=1S/C18H13F7N2O5S2/c19-11-12(20)14(22)16(15(23)13(11)21)33(29,30)27-34(31,32)18(24,25)17(28)26-10-7-3-5-8-4-1-2-6-9(8)10/h1-2,4,6,10,27H,3,5,7H2,(H,26,28). The molecule has 2 N–H and O–H groups in total. The van der Waals surface area contributed by atoms with Crippen LogP contribution in [0.2, 0.25) is 0 Å². The van der Waals surface area contributed by atoms with Crippen LogP contribution in [-0.4, -0.2) is 28.0 Å². The monoisotopic (exact) mass is 534 g/mol. The molecule has 1 aliphatic carbocycles. The van der Waals surface area contributed by atoms with Crippen LogP contribution in [-0.2, 0) is 31.3 Å². The lowest BCUT2D eigenvalue weighted by Gasteiger charge is -2.27. The molecule has 7 nitrogen and oxygen atoms in total. The second-order valence-corrected chi connectivity index (χ2v) is 10.7. The van der Waals surface area contributed by atoms with Crippen LogP contribution < -0.4 is 9.44 Å². The molecular weight excluding hydrogens is 521 g/mol. The summed E-state index contributed by atoms with van der Waals surface area (Å²) in [5, 5.41) is -3.76. The number of aryl methyl sites for hydroxylation is 1. The number of nitrogens with one attached hydrogen (secondary N) is 2. The number of halogens is 7. The van der Waals surface area contributed by atoms with E-state index < -0.39 is 71.2 Å². The molecule has 0 saturated carbocycles. The summed E-state index contributed by atoms with van der Waals surface area (Å²) in [5.74, 6) is -16.8. The van der Waals surface area contributed by atoms with Gasteiger partial charge < -0.3 is 5.32 Å². The number of carbonyl (C=O) groups excluding carboxylic acids is 1. The third kappa shape index (κ3) is 4.36. The van der Waals surface area contributed by atoms with E-state index in [1.54, 1.807) is 17.4 Å². The molecule has 0 radical (unpaired) electrons. The number of sulfonamides is 2. The first kappa shape index (κ1) is 25.9. The van der Waals surface area contributed by atoms with Crippen molar-refractivity contribution in [3.63, 3.8) is 0 Å². The highest BCUT2D eigenvalue weighted by Gasteiger charge is 2.55. The average Bonchev–Trinajstić information content (AvgIpc) is 2.75. The molecule has 0 saturated heterocycles. The molecule has 0 heterocycles. The van der Waals surface area contributed by atoms with E-state index in [4.69, 9.17) is 0 Å². The van der Waals surface area contributed by atoms with E-state index in [-0.39, 0.29) is 10.5 Å². The molecule has 1 amide bonds. The Kier molecular flexibility index (Phi) is 6.71. The summed E-state index contributed by atoms with van der Waals surface area (Å²) >= 11 is 0. The molecule has 16 heteroatoms. The minimum atomic E-state index is -6.62. The van der Waals surface area contributed by atoms with Crippen LogP contribution in [0, 0.1) is 29.1 Å². The molecule has 0 bridgehead atoms. The molecule has 2 aromatic rings. The number of hydrogen-bond acceptors (Lipinski definition) is 5. The second kappa shape index (κ2) is 8.81. The number of hydrogen-bond donors (Lipinski definition) is 2. The molecule has 1 unspecified atom stereocenters. The van der Waals surface area contributed by atoms with E-state index in [1.165, 1.54) is 12.1 Å². The van der Waals surface area contributed by atoms with Gasteiger partial charge in [0.05, 0.1) is 6.04 Å². The topological polar surface area (TPSA) is 109 Å². The number of benzene rings is 2. The SMILES string of the molecule is O=C(NC1CCCc2ccccc21)C(F)(F)S(=O)(=O)NS(=O)(=O)c1c(F)c(F)c(F)c(F)c1F. The quantitative estimate of drug-likeness (QED) is 0.337. The molecule has 0 aromatic heterocycles. The van der Waals surface area contributed by atoms with Gasteiger partial charge in [-0.3, -0.25) is 4.79 Å². The van der Waals surface area contributed by atoms with Gasteiger partial charge in [0.1, 0.15) is 0 Å². The van der Waals surface area contributed by atoms with E-state index in [0.717, 1.165) is 0 Å². The van der Waals surface area contributed by atoms with Crippen molar-refractivity contribution in [1.82, 2.24) is 9.44 Å². The van der Waals surface area contributed by atoms with Crippen molar-refractivity contribution in [2.45, 2.75) is 35.5 Å². The van der Waals surface area contributed by atoms with E-state index in [2.05, 4.69) is 0 Å². The fraction of sp³-hybridized carbons (Fsp3) is 0.278. The molecule has 2 aromatic carbocycles. The van der Waals surface area contributed by atoms with Gasteiger partial charge in [0.2, 0.25) is 5.82 Å². The zero-order chi connectivity index (χ0) is 25.6. The van der Waals surface area contributed by atoms with Crippen LogP contribution in [0.25, 0.3) is 0 Å². The first-order valence-electron chi connectivity index (χ1n) is 9.18. The number of fused-ring (bicyclic) bond motifs is 1. The van der Waals surface area contributed by atoms with E-state index >= 15 is 0 Å². The van der Waals surface area contributed by atoms with Gasteiger partial charge in [0.25, 0.3) is 10.0 Å². The first-order chi connectivity index (χ1) is 15.6. The van der Waals surface area contributed by atoms with Gasteiger partial charge in [-0.25, -0.2) is 38.8 Å². The predicted octanol–water partition coefficient (Wildman–Crippen LogP) is 2.78. The van der Waals surface area contributed by atoms with Crippen LogP contribution in [0.4, 0.5) is 30.7 Å². The molecule has 34 heavy (non-hydrogen) atoms. The smallest absolute Gasteiger partial charge is 0.343 e. The van der Waals surface area contributed by atoms with Gasteiger partial charge in [0, 0.05) is 0 Å². The number of alkyl halides is 2. The molecule has 186 valence electrons. The van der Waals surface area contributed by atoms with Crippen LogP contribution in [0.3, 0.4) is 0 Å². The van der Waals surface area contributed by atoms with Crippen LogP contribution in [0.5, 0.6) is 0 Å². The zero-order valence-corrected chi connectivity index (χ0v) is 18.1. The summed E-state index contributed by atoms with van der Waals surface area (Å²) in [6.45, 7) is 0. The van der Waals surface area contributed by atoms with Gasteiger partial charge in [-0.05, 0) is 30.4 Å². The van der Waals surface area contributed by atoms with Gasteiger partial charge in [-0.15, -0.1) is 0 Å². The number of carbonyl (C=O) groups is 1. The maximum atomic E-state index is 14.5. The lowest BCUT2D eigenvalue weighted by Crippen LogP contribution is -2.53. The lowest BCUT2D eigenvalue weighted by molar-refractivity contribution is -0.136. The summed E-state index contributed by atoms with van der Waals surface area (Å²) in [4.78, 5) is 9.39. The molecule has 1 aliphatic rings. The average molecular weight is 534 g/mol. The second-order valence-electron chi connectivity index (χ2n) is 7.12. The Morgan fingerprint density at radius 1 is 0.882 bits per heavy atom. The molecule has 0 fully saturated rings. The van der Waals surface area contributed by atoms with Gasteiger partial charge >= 0.3 is 21.2 Å². The fourth-order valence-electron chi connectivity index (χ4n) is 3.33. The predicted molar refractivity (Wildman–Crippen MR) is 101 cm³/mol. The molecule has 0 spiro atoms. The largest absolute Gasteiger partial charge is 0.436 e. The number of amides is 1. The van der Waals surface area contributed by atoms with Crippen molar-refractivity contribution >= 4 is 26.0 Å². The summed E-state index contributed by atoms with van der Waals surface area (Å²) in [6.07, 6.45) is 1.13. The van der Waals surface area contributed by atoms with Crippen molar-refractivity contribution in [2.75, 3.05) is 0 Å². The Morgan fingerprint density at radius 2 is 1.41 bits per heavy atom. The maximum Gasteiger partial charge on any atom is 0.436 e. The zero-order valence-electron chi connectivity index (χ0n) is 16.5.